The van der Waals surface area contributed by atoms with Gasteiger partial charge in [0.1, 0.15) is 20.4 Å². The maximum atomic E-state index is 14.6. The summed E-state index contributed by atoms with van der Waals surface area (Å²) in [4.78, 5) is 37.3. The molecule has 0 radical (unpaired) electrons. The highest BCUT2D eigenvalue weighted by Gasteiger charge is 2.35. The van der Waals surface area contributed by atoms with Crippen LogP contribution in [0.15, 0.2) is 94.0 Å². The minimum atomic E-state index is -4.70. The van der Waals surface area contributed by atoms with E-state index in [2.05, 4.69) is 4.98 Å². The molecule has 0 saturated heterocycles. The van der Waals surface area contributed by atoms with Crippen molar-refractivity contribution in [2.45, 2.75) is 55.4 Å². The number of fused-ring (bicyclic) bond motifs is 4. The number of nitrogens with zero attached hydrogens (tertiary/aromatic N) is 5. The fourth-order valence-corrected chi connectivity index (χ4v) is 9.79. The van der Waals surface area contributed by atoms with E-state index in [0.717, 1.165) is 79.9 Å². The number of hydrogen-bond donors (Lipinski definition) is 0. The molecule has 0 aliphatic heterocycles. The number of alkyl halides is 3. The lowest BCUT2D eigenvalue weighted by Gasteiger charge is -2.18. The maximum Gasteiger partial charge on any atom is 0.418 e. The van der Waals surface area contributed by atoms with Gasteiger partial charge in [0, 0.05) is 21.5 Å². The summed E-state index contributed by atoms with van der Waals surface area (Å²) >= 11 is 4.07. The van der Waals surface area contributed by atoms with E-state index in [9.17, 15) is 18.0 Å². The van der Waals surface area contributed by atoms with Gasteiger partial charge in [0.2, 0.25) is 0 Å². The van der Waals surface area contributed by atoms with Crippen molar-refractivity contribution in [3.63, 3.8) is 0 Å². The van der Waals surface area contributed by atoms with Crippen molar-refractivity contribution in [1.29, 1.82) is 0 Å². The molecule has 1 aliphatic rings. The molecule has 0 unspecified atom stereocenters. The lowest BCUT2D eigenvalue weighted by molar-refractivity contribution is -0.137. The quantitative estimate of drug-likeness (QED) is 0.101. The molecule has 1 aliphatic carbocycles. The monoisotopic (exact) mass is 697 g/mol. The number of rotatable bonds is 5. The third kappa shape index (κ3) is 5.41. The Bertz CT molecular complexity index is 2380. The normalized spacial score (nSPS) is 13.6. The molecule has 0 bridgehead atoms. The van der Waals surface area contributed by atoms with E-state index in [1.165, 1.54) is 40.9 Å². The molecule has 5 aromatic heterocycles. The average molecular weight is 698 g/mol. The Morgan fingerprint density at radius 2 is 1.56 bits per heavy atom. The molecule has 0 N–H and O–H groups in total. The van der Waals surface area contributed by atoms with Crippen LogP contribution in [-0.2, 0) is 19.0 Å². The molecule has 5 heterocycles. The number of halogens is 3. The zero-order valence-electron chi connectivity index (χ0n) is 25.5. The first kappa shape index (κ1) is 30.9. The molecular weight excluding hydrogens is 672 g/mol. The zero-order chi connectivity index (χ0) is 33.0. The van der Waals surface area contributed by atoms with Crippen LogP contribution in [0.1, 0.15) is 40.1 Å². The van der Waals surface area contributed by atoms with Crippen molar-refractivity contribution < 1.29 is 13.2 Å². The lowest BCUT2D eigenvalue weighted by Crippen LogP contribution is -2.24. The third-order valence-electron chi connectivity index (χ3n) is 8.50. The smallest absolute Gasteiger partial charge is 0.268 e. The van der Waals surface area contributed by atoms with Gasteiger partial charge in [-0.15, -0.1) is 22.7 Å². The van der Waals surface area contributed by atoms with Crippen molar-refractivity contribution in [3.8, 4) is 28.3 Å². The van der Waals surface area contributed by atoms with Gasteiger partial charge >= 0.3 is 6.18 Å². The average Bonchev–Trinajstić information content (AvgIpc) is 3.52. The second-order valence-corrected chi connectivity index (χ2v) is 14.8. The summed E-state index contributed by atoms with van der Waals surface area (Å²) in [6.07, 6.45) is 1.46. The van der Waals surface area contributed by atoms with E-state index in [1.54, 1.807) is 12.3 Å². The van der Waals surface area contributed by atoms with Crippen LogP contribution in [0, 0.1) is 6.92 Å². The molecule has 7 aromatic rings. The van der Waals surface area contributed by atoms with E-state index in [-0.39, 0.29) is 10.8 Å². The summed E-state index contributed by atoms with van der Waals surface area (Å²) in [5.41, 5.74) is 1.69. The molecular formula is C36H26F3N5OS3. The van der Waals surface area contributed by atoms with Gasteiger partial charge in [-0.1, -0.05) is 55.0 Å². The highest BCUT2D eigenvalue weighted by molar-refractivity contribution is 7.99. The van der Waals surface area contributed by atoms with Crippen LogP contribution in [0.2, 0.25) is 0 Å². The van der Waals surface area contributed by atoms with Gasteiger partial charge in [-0.3, -0.25) is 14.3 Å². The van der Waals surface area contributed by atoms with Crippen LogP contribution < -0.4 is 5.56 Å². The first-order valence-corrected chi connectivity index (χ1v) is 17.9. The second-order valence-electron chi connectivity index (χ2n) is 11.5. The molecule has 48 heavy (non-hydrogen) atoms. The third-order valence-corrected chi connectivity index (χ3v) is 11.6. The molecule has 0 atom stereocenters. The zero-order valence-corrected chi connectivity index (χ0v) is 28.0. The van der Waals surface area contributed by atoms with Crippen molar-refractivity contribution in [1.82, 2.24) is 24.5 Å². The Kier molecular flexibility index (Phi) is 7.89. The number of hydrogen-bond acceptors (Lipinski definition) is 8. The van der Waals surface area contributed by atoms with Gasteiger partial charge in [0.15, 0.2) is 11.0 Å². The maximum absolute atomic E-state index is 14.6. The molecule has 2 aromatic carbocycles. The number of benzene rings is 2. The van der Waals surface area contributed by atoms with E-state index >= 15 is 0 Å². The fourth-order valence-electron chi connectivity index (χ4n) is 6.36. The molecule has 12 heteroatoms. The van der Waals surface area contributed by atoms with Gasteiger partial charge in [-0.05, 0) is 79.8 Å². The van der Waals surface area contributed by atoms with Crippen LogP contribution in [0.25, 0.3) is 48.8 Å². The first-order chi connectivity index (χ1) is 23.3. The molecule has 0 fully saturated rings. The predicted molar refractivity (Wildman–Crippen MR) is 186 cm³/mol. The summed E-state index contributed by atoms with van der Waals surface area (Å²) in [6, 6.07) is 20.5. The van der Waals surface area contributed by atoms with E-state index in [0.29, 0.717) is 38.0 Å². The van der Waals surface area contributed by atoms with E-state index < -0.39 is 17.3 Å². The van der Waals surface area contributed by atoms with Gasteiger partial charge in [-0.2, -0.15) is 13.2 Å². The fraction of sp³-hybridized carbons (Fsp3) is 0.194. The van der Waals surface area contributed by atoms with Crippen molar-refractivity contribution in [2.24, 2.45) is 0 Å². The van der Waals surface area contributed by atoms with Crippen LogP contribution in [-0.4, -0.2) is 24.5 Å². The van der Waals surface area contributed by atoms with Gasteiger partial charge in [0.05, 0.1) is 22.0 Å². The topological polar surface area (TPSA) is 73.6 Å². The second kappa shape index (κ2) is 12.2. The minimum absolute atomic E-state index is 0.107. The van der Waals surface area contributed by atoms with Crippen LogP contribution in [0.5, 0.6) is 0 Å². The molecule has 0 spiro atoms. The Morgan fingerprint density at radius 3 is 2.35 bits per heavy atom. The molecule has 6 nitrogen and oxygen atoms in total. The van der Waals surface area contributed by atoms with Crippen molar-refractivity contribution in [3.05, 3.63) is 110 Å². The standard InChI is InChI=1S/C36H26F3N5OS3/c1-20-27(21-12-4-2-5-13-21)29-32(46-20)41-30(24-16-10-11-19-40-24)42-33(29)48-35-43-31-28(22-14-6-3-7-18-26(22)47-31)34(45)44(35)25-17-9-8-15-23(25)36(37,38)39/h2,4-5,8-13,15-17,19H,3,6-7,14,18H2,1H3. The predicted octanol–water partition coefficient (Wildman–Crippen LogP) is 9.93. The highest BCUT2D eigenvalue weighted by Crippen LogP contribution is 2.45. The lowest BCUT2D eigenvalue weighted by atomic mass is 10.0. The SMILES string of the molecule is Cc1sc2nc(-c3ccccn3)nc(Sc3nc4sc5c(c4c(=O)n3-c3ccccc3C(F)(F)F)CCCCC5)c2c1-c1ccccc1. The van der Waals surface area contributed by atoms with Crippen LogP contribution >= 0.6 is 34.4 Å². The summed E-state index contributed by atoms with van der Waals surface area (Å²) in [5, 5.41) is 1.75. The summed E-state index contributed by atoms with van der Waals surface area (Å²) < 4.78 is 44.7. The summed E-state index contributed by atoms with van der Waals surface area (Å²) in [5.74, 6) is 0.375. The number of thiophene rings is 2. The Morgan fingerprint density at radius 1 is 0.812 bits per heavy atom. The van der Waals surface area contributed by atoms with Crippen molar-refractivity contribution >= 4 is 54.9 Å². The number of para-hydroxylation sites is 1. The van der Waals surface area contributed by atoms with Crippen LogP contribution in [0.4, 0.5) is 13.2 Å². The Hall–Kier alpha value is -4.39. The first-order valence-electron chi connectivity index (χ1n) is 15.5. The molecule has 0 saturated carbocycles. The van der Waals surface area contributed by atoms with Gasteiger partial charge in [0.25, 0.3) is 5.56 Å². The van der Waals surface area contributed by atoms with Crippen LogP contribution in [0.3, 0.4) is 0 Å². The Labute approximate surface area is 285 Å². The minimum Gasteiger partial charge on any atom is -0.268 e. The van der Waals surface area contributed by atoms with E-state index in [1.807, 2.05) is 49.4 Å². The Balaban J connectivity index is 1.43. The van der Waals surface area contributed by atoms with Gasteiger partial charge in [-0.25, -0.2) is 15.0 Å². The number of pyridine rings is 1. The summed E-state index contributed by atoms with van der Waals surface area (Å²) in [7, 11) is 0. The molecule has 0 amide bonds. The number of aryl methyl sites for hydroxylation is 3. The van der Waals surface area contributed by atoms with Crippen molar-refractivity contribution in [2.75, 3.05) is 0 Å². The van der Waals surface area contributed by atoms with Gasteiger partial charge < -0.3 is 0 Å². The summed E-state index contributed by atoms with van der Waals surface area (Å²) in [6.45, 7) is 2.02. The highest BCUT2D eigenvalue weighted by atomic mass is 32.2. The largest absolute Gasteiger partial charge is 0.418 e. The van der Waals surface area contributed by atoms with E-state index in [4.69, 9.17) is 15.0 Å². The molecule has 240 valence electrons. The number of aromatic nitrogens is 5. The molecule has 8 rings (SSSR count).